The van der Waals surface area contributed by atoms with Gasteiger partial charge in [0.2, 0.25) is 0 Å². The third-order valence-electron chi connectivity index (χ3n) is 4.83. The van der Waals surface area contributed by atoms with E-state index in [1.165, 1.54) is 0 Å². The van der Waals surface area contributed by atoms with E-state index in [-0.39, 0.29) is 6.42 Å². The van der Waals surface area contributed by atoms with Crippen LogP contribution >= 0.6 is 11.3 Å². The van der Waals surface area contributed by atoms with Crippen molar-refractivity contribution in [3.05, 3.63) is 16.1 Å². The first-order valence-electron chi connectivity index (χ1n) is 9.22. The predicted molar refractivity (Wildman–Crippen MR) is 99.0 cm³/mol. The number of rotatable bonds is 2. The number of carboxylic acids is 2. The van der Waals surface area contributed by atoms with Crippen molar-refractivity contribution >= 4 is 23.3 Å². The summed E-state index contributed by atoms with van der Waals surface area (Å²) in [6, 6.07) is 0. The molecule has 2 aliphatic heterocycles. The molecule has 0 saturated carbocycles. The number of halogens is 8. The number of aryl methyl sites for hydroxylation is 1. The summed E-state index contributed by atoms with van der Waals surface area (Å²) in [5.74, 6) is -8.05. The van der Waals surface area contributed by atoms with Crippen molar-refractivity contribution in [2.45, 2.75) is 44.6 Å². The van der Waals surface area contributed by atoms with Gasteiger partial charge in [-0.2, -0.15) is 26.3 Å². The molecule has 190 valence electrons. The fraction of sp³-hybridized carbons (Fsp3) is 0.706. The molecule has 1 unspecified atom stereocenters. The molecule has 1 aromatic heterocycles. The highest BCUT2D eigenvalue weighted by Gasteiger charge is 2.57. The molecule has 16 heteroatoms. The maximum Gasteiger partial charge on any atom is 0.490 e. The van der Waals surface area contributed by atoms with Gasteiger partial charge in [0.25, 0.3) is 5.92 Å². The van der Waals surface area contributed by atoms with Gasteiger partial charge in [0.15, 0.2) is 0 Å². The Bertz CT molecular complexity index is 791. The summed E-state index contributed by atoms with van der Waals surface area (Å²) >= 11 is 1.62. The van der Waals surface area contributed by atoms with Gasteiger partial charge in [0, 0.05) is 38.0 Å². The Kier molecular flexibility index (Phi) is 9.57. The fourth-order valence-electron chi connectivity index (χ4n) is 3.21. The van der Waals surface area contributed by atoms with Crippen LogP contribution in [0.3, 0.4) is 0 Å². The lowest BCUT2D eigenvalue weighted by atomic mass is 9.76. The smallest absolute Gasteiger partial charge is 0.475 e. The van der Waals surface area contributed by atoms with E-state index >= 15 is 0 Å². The molecule has 7 nitrogen and oxygen atoms in total. The van der Waals surface area contributed by atoms with Crippen LogP contribution in [0.25, 0.3) is 0 Å². The molecule has 0 radical (unpaired) electrons. The van der Waals surface area contributed by atoms with Gasteiger partial charge in [-0.05, 0) is 19.9 Å². The maximum absolute atomic E-state index is 14.2. The molecule has 2 saturated heterocycles. The number of aromatic nitrogens is 1. The van der Waals surface area contributed by atoms with Crippen LogP contribution in [0.4, 0.5) is 35.1 Å². The zero-order valence-electron chi connectivity index (χ0n) is 17.1. The van der Waals surface area contributed by atoms with Crippen LogP contribution in [-0.2, 0) is 16.1 Å². The highest BCUT2D eigenvalue weighted by atomic mass is 32.1. The number of carbonyl (C=O) groups is 2. The lowest BCUT2D eigenvalue weighted by molar-refractivity contribution is -0.193. The highest BCUT2D eigenvalue weighted by Crippen LogP contribution is 2.47. The molecule has 0 amide bonds. The maximum atomic E-state index is 14.2. The molecule has 3 N–H and O–H groups in total. The summed E-state index contributed by atoms with van der Waals surface area (Å²) in [5, 5.41) is 20.5. The summed E-state index contributed by atoms with van der Waals surface area (Å²) in [4.78, 5) is 24.3. The Morgan fingerprint density at radius 1 is 1.12 bits per heavy atom. The minimum absolute atomic E-state index is 0.0311. The molecule has 3 rings (SSSR count). The molecule has 33 heavy (non-hydrogen) atoms. The van der Waals surface area contributed by atoms with Crippen LogP contribution in [0.15, 0.2) is 5.38 Å². The first kappa shape index (κ1) is 29.0. The van der Waals surface area contributed by atoms with Crippen LogP contribution < -0.4 is 5.32 Å². The quantitative estimate of drug-likeness (QED) is 0.518. The molecular weight excluding hydrogens is 494 g/mol. The van der Waals surface area contributed by atoms with Crippen LogP contribution in [0.1, 0.15) is 23.5 Å². The van der Waals surface area contributed by atoms with Gasteiger partial charge >= 0.3 is 24.3 Å². The molecule has 3 heterocycles. The summed E-state index contributed by atoms with van der Waals surface area (Å²) in [5.41, 5.74) is 0.141. The average molecular weight is 515 g/mol. The largest absolute Gasteiger partial charge is 0.490 e. The lowest BCUT2D eigenvalue weighted by Crippen LogP contribution is -2.55. The minimum atomic E-state index is -5.08. The van der Waals surface area contributed by atoms with E-state index < -0.39 is 35.6 Å². The third-order valence-corrected chi connectivity index (χ3v) is 5.65. The third kappa shape index (κ3) is 8.66. The van der Waals surface area contributed by atoms with Gasteiger partial charge in [0.05, 0.1) is 16.1 Å². The lowest BCUT2D eigenvalue weighted by Gasteiger charge is -2.41. The van der Waals surface area contributed by atoms with Gasteiger partial charge in [0.1, 0.15) is 0 Å². The summed E-state index contributed by atoms with van der Waals surface area (Å²) in [6.07, 6.45) is -9.62. The zero-order valence-corrected chi connectivity index (χ0v) is 17.9. The second-order valence-electron chi connectivity index (χ2n) is 7.34. The number of hydrogen-bond acceptors (Lipinski definition) is 6. The second-order valence-corrected chi connectivity index (χ2v) is 8.40. The van der Waals surface area contributed by atoms with Crippen molar-refractivity contribution in [3.63, 3.8) is 0 Å². The van der Waals surface area contributed by atoms with E-state index in [1.807, 2.05) is 12.3 Å². The Morgan fingerprint density at radius 3 is 2.03 bits per heavy atom. The van der Waals surface area contributed by atoms with Gasteiger partial charge in [-0.25, -0.2) is 23.4 Å². The Labute approximate surface area is 186 Å². The van der Waals surface area contributed by atoms with Crippen molar-refractivity contribution in [2.75, 3.05) is 26.2 Å². The number of alkyl halides is 8. The van der Waals surface area contributed by atoms with E-state index in [1.54, 1.807) is 11.3 Å². The van der Waals surface area contributed by atoms with E-state index in [2.05, 4.69) is 15.2 Å². The molecule has 1 spiro atoms. The second kappa shape index (κ2) is 10.9. The molecule has 2 fully saturated rings. The van der Waals surface area contributed by atoms with Gasteiger partial charge in [-0.15, -0.1) is 11.3 Å². The number of aliphatic carboxylic acids is 2. The van der Waals surface area contributed by atoms with Gasteiger partial charge in [-0.1, -0.05) is 0 Å². The highest BCUT2D eigenvalue weighted by molar-refractivity contribution is 7.09. The average Bonchev–Trinajstić information content (AvgIpc) is 3.25. The molecule has 0 aliphatic carbocycles. The van der Waals surface area contributed by atoms with Gasteiger partial charge < -0.3 is 15.5 Å². The molecule has 1 atom stereocenters. The number of nitrogens with one attached hydrogen (secondary N) is 1. The monoisotopic (exact) mass is 515 g/mol. The fourth-order valence-corrected chi connectivity index (χ4v) is 3.82. The number of nitrogens with zero attached hydrogens (tertiary/aromatic N) is 2. The standard InChI is InChI=1S/C13H19F2N3S.2C2HF3O2/c1-10-17-11(7-19-10)6-18-5-3-12(9-18)8-16-4-2-13(12,14)15;2*3-2(4,5)1(6)7/h7,16H,2-6,8-9H2,1H3;2*(H,6,7). The van der Waals surface area contributed by atoms with E-state index in [0.717, 1.165) is 17.2 Å². The van der Waals surface area contributed by atoms with Crippen LogP contribution in [-0.4, -0.2) is 76.5 Å². The normalized spacial score (nSPS) is 22.7. The summed E-state index contributed by atoms with van der Waals surface area (Å²) in [7, 11) is 0. The first-order valence-corrected chi connectivity index (χ1v) is 10.1. The topological polar surface area (TPSA) is 103 Å². The number of hydrogen-bond donors (Lipinski definition) is 3. The van der Waals surface area contributed by atoms with E-state index in [0.29, 0.717) is 32.6 Å². The van der Waals surface area contributed by atoms with Crippen LogP contribution in [0.2, 0.25) is 0 Å². The molecular formula is C17H21F8N3O4S. The van der Waals surface area contributed by atoms with Gasteiger partial charge in [-0.3, -0.25) is 4.90 Å². The molecule has 2 aliphatic rings. The van der Waals surface area contributed by atoms with Crippen molar-refractivity contribution in [3.8, 4) is 0 Å². The van der Waals surface area contributed by atoms with E-state index in [4.69, 9.17) is 19.8 Å². The first-order chi connectivity index (χ1) is 14.9. The Balaban J connectivity index is 0.000000324. The van der Waals surface area contributed by atoms with Crippen LogP contribution in [0.5, 0.6) is 0 Å². The van der Waals surface area contributed by atoms with Crippen LogP contribution in [0, 0.1) is 12.3 Å². The summed E-state index contributed by atoms with van der Waals surface area (Å²) < 4.78 is 91.9. The number of likely N-dealkylation sites (tertiary alicyclic amines) is 1. The van der Waals surface area contributed by atoms with Crippen molar-refractivity contribution in [1.29, 1.82) is 0 Å². The number of piperidine rings is 1. The minimum Gasteiger partial charge on any atom is -0.475 e. The number of thiazole rings is 1. The Hall–Kier alpha value is -2.07. The van der Waals surface area contributed by atoms with Crippen molar-refractivity contribution in [2.24, 2.45) is 5.41 Å². The van der Waals surface area contributed by atoms with E-state index in [9.17, 15) is 35.1 Å². The molecule has 1 aromatic rings. The Morgan fingerprint density at radius 2 is 1.64 bits per heavy atom. The van der Waals surface area contributed by atoms with Crippen molar-refractivity contribution in [1.82, 2.24) is 15.2 Å². The predicted octanol–water partition coefficient (Wildman–Crippen LogP) is 3.54. The van der Waals surface area contributed by atoms with Crippen molar-refractivity contribution < 1.29 is 54.9 Å². The molecule has 0 aromatic carbocycles. The summed E-state index contributed by atoms with van der Waals surface area (Å²) in [6.45, 7) is 4.76. The molecule has 0 bridgehead atoms. The SMILES string of the molecule is Cc1nc(CN2CCC3(CNCCC3(F)F)C2)cs1.O=C(O)C(F)(F)F.O=C(O)C(F)(F)F. The number of carboxylic acid groups (broad SMARTS) is 2. The zero-order chi connectivity index (χ0) is 25.7.